The molecule has 0 aliphatic carbocycles. The van der Waals surface area contributed by atoms with Crippen LogP contribution in [0.1, 0.15) is 70.0 Å². The summed E-state index contributed by atoms with van der Waals surface area (Å²) >= 11 is 0. The number of carbonyl (C=O) groups is 1. The lowest BCUT2D eigenvalue weighted by molar-refractivity contribution is -0.123. The number of hydrogen-bond acceptors (Lipinski definition) is 4. The third-order valence-electron chi connectivity index (χ3n) is 5.43. The molecule has 5 nitrogen and oxygen atoms in total. The predicted octanol–water partition coefficient (Wildman–Crippen LogP) is 3.68. The van der Waals surface area contributed by atoms with Crippen molar-refractivity contribution in [1.82, 2.24) is 10.2 Å². The number of amides is 1. The van der Waals surface area contributed by atoms with E-state index in [1.165, 1.54) is 32.1 Å². The van der Waals surface area contributed by atoms with Crippen LogP contribution in [0.15, 0.2) is 30.3 Å². The lowest BCUT2D eigenvalue weighted by Crippen LogP contribution is -2.49. The maximum Gasteiger partial charge on any atom is 0.220 e. The molecular weight excluding hydrogens is 352 g/mol. The molecule has 1 amide bonds. The molecule has 28 heavy (non-hydrogen) atoms. The van der Waals surface area contributed by atoms with E-state index < -0.39 is 6.10 Å². The highest BCUT2D eigenvalue weighted by atomic mass is 16.5. The van der Waals surface area contributed by atoms with Crippen molar-refractivity contribution in [3.63, 3.8) is 0 Å². The molecule has 1 unspecified atom stereocenters. The molecular formula is C23H38N2O3. The summed E-state index contributed by atoms with van der Waals surface area (Å²) in [5, 5.41) is 14.0. The van der Waals surface area contributed by atoms with Gasteiger partial charge in [0.1, 0.15) is 6.10 Å². The van der Waals surface area contributed by atoms with Gasteiger partial charge in [0, 0.05) is 26.1 Å². The molecule has 0 spiro atoms. The second-order valence-corrected chi connectivity index (χ2v) is 7.81. The summed E-state index contributed by atoms with van der Waals surface area (Å²) in [5.41, 5.74) is 0.844. The molecule has 0 saturated carbocycles. The van der Waals surface area contributed by atoms with Gasteiger partial charge in [0.15, 0.2) is 0 Å². The first-order valence-corrected chi connectivity index (χ1v) is 11.0. The first kappa shape index (κ1) is 22.9. The molecule has 0 aromatic heterocycles. The molecule has 0 bridgehead atoms. The van der Waals surface area contributed by atoms with Gasteiger partial charge in [0.25, 0.3) is 0 Å². The Labute approximate surface area is 170 Å². The minimum atomic E-state index is -0.706. The van der Waals surface area contributed by atoms with Gasteiger partial charge in [-0.2, -0.15) is 0 Å². The molecule has 1 aromatic rings. The first-order valence-electron chi connectivity index (χ1n) is 11.0. The number of aliphatic hydroxyl groups excluding tert-OH is 1. The van der Waals surface area contributed by atoms with Crippen molar-refractivity contribution in [2.24, 2.45) is 0 Å². The summed E-state index contributed by atoms with van der Waals surface area (Å²) in [5.74, 6) is 0.0433. The molecule has 2 atom stereocenters. The Hall–Kier alpha value is -1.43. The number of carbonyl (C=O) groups excluding carboxylic acids is 1. The highest BCUT2D eigenvalue weighted by molar-refractivity contribution is 5.76. The average Bonchev–Trinajstić information content (AvgIpc) is 2.73. The number of morpholine rings is 1. The van der Waals surface area contributed by atoms with E-state index >= 15 is 0 Å². The maximum atomic E-state index is 12.5. The summed E-state index contributed by atoms with van der Waals surface area (Å²) < 4.78 is 5.42. The van der Waals surface area contributed by atoms with Crippen LogP contribution in [0, 0.1) is 0 Å². The molecule has 1 aromatic carbocycles. The van der Waals surface area contributed by atoms with Gasteiger partial charge in [-0.05, 0) is 12.0 Å². The van der Waals surface area contributed by atoms with Gasteiger partial charge in [-0.15, -0.1) is 0 Å². The van der Waals surface area contributed by atoms with Crippen LogP contribution in [0.25, 0.3) is 0 Å². The van der Waals surface area contributed by atoms with Crippen LogP contribution in [0.5, 0.6) is 0 Å². The Balaban J connectivity index is 1.81. The van der Waals surface area contributed by atoms with E-state index in [1.54, 1.807) is 0 Å². The number of ether oxygens (including phenoxy) is 1. The Bertz CT molecular complexity index is 532. The van der Waals surface area contributed by atoms with Crippen molar-refractivity contribution in [3.8, 4) is 0 Å². The number of benzene rings is 1. The lowest BCUT2D eigenvalue weighted by atomic mass is 10.0. The third-order valence-corrected chi connectivity index (χ3v) is 5.43. The molecule has 0 radical (unpaired) electrons. The van der Waals surface area contributed by atoms with Crippen LogP contribution >= 0.6 is 0 Å². The van der Waals surface area contributed by atoms with E-state index in [4.69, 9.17) is 4.74 Å². The van der Waals surface area contributed by atoms with Gasteiger partial charge in [0.05, 0.1) is 19.3 Å². The van der Waals surface area contributed by atoms with Crippen molar-refractivity contribution in [3.05, 3.63) is 35.9 Å². The van der Waals surface area contributed by atoms with Gasteiger partial charge in [0.2, 0.25) is 5.91 Å². The second-order valence-electron chi connectivity index (χ2n) is 7.81. The van der Waals surface area contributed by atoms with Crippen molar-refractivity contribution < 1.29 is 14.6 Å². The lowest BCUT2D eigenvalue weighted by Gasteiger charge is -2.33. The van der Waals surface area contributed by atoms with E-state index in [9.17, 15) is 9.90 Å². The standard InChI is InChI=1S/C23H38N2O3/c1-2-3-4-5-6-7-11-14-22(26)24-21(19-25-15-17-28-18-16-25)23(27)20-12-9-8-10-13-20/h8-10,12-13,21,23,27H,2-7,11,14-19H2,1H3,(H,24,26)/t21-,23?/m0/s1. The van der Waals surface area contributed by atoms with E-state index in [0.29, 0.717) is 26.2 Å². The molecule has 158 valence electrons. The number of nitrogens with one attached hydrogen (secondary N) is 1. The topological polar surface area (TPSA) is 61.8 Å². The Morgan fingerprint density at radius 1 is 1.07 bits per heavy atom. The summed E-state index contributed by atoms with van der Waals surface area (Å²) in [6.07, 6.45) is 8.19. The molecule has 1 aliphatic heterocycles. The van der Waals surface area contributed by atoms with Gasteiger partial charge >= 0.3 is 0 Å². The number of unbranched alkanes of at least 4 members (excludes halogenated alkanes) is 6. The van der Waals surface area contributed by atoms with Crippen molar-refractivity contribution in [2.75, 3.05) is 32.8 Å². The summed E-state index contributed by atoms with van der Waals surface area (Å²) in [4.78, 5) is 14.8. The van der Waals surface area contributed by atoms with E-state index in [-0.39, 0.29) is 11.9 Å². The van der Waals surface area contributed by atoms with Crippen LogP contribution in [0.2, 0.25) is 0 Å². The molecule has 5 heteroatoms. The zero-order valence-electron chi connectivity index (χ0n) is 17.4. The summed E-state index contributed by atoms with van der Waals surface area (Å²) in [7, 11) is 0. The van der Waals surface area contributed by atoms with Crippen LogP contribution in [0.4, 0.5) is 0 Å². The quantitative estimate of drug-likeness (QED) is 0.505. The average molecular weight is 391 g/mol. The van der Waals surface area contributed by atoms with Crippen molar-refractivity contribution in [1.29, 1.82) is 0 Å². The normalized spacial score (nSPS) is 17.2. The van der Waals surface area contributed by atoms with Crippen LogP contribution in [-0.4, -0.2) is 54.8 Å². The highest BCUT2D eigenvalue weighted by Gasteiger charge is 2.26. The van der Waals surface area contributed by atoms with Gasteiger partial charge in [-0.1, -0.05) is 75.8 Å². The molecule has 1 fully saturated rings. The second kappa shape index (κ2) is 13.7. The minimum Gasteiger partial charge on any atom is -0.386 e. The Morgan fingerprint density at radius 3 is 2.39 bits per heavy atom. The number of aliphatic hydroxyl groups is 1. The molecule has 2 N–H and O–H groups in total. The monoisotopic (exact) mass is 390 g/mol. The fourth-order valence-corrected chi connectivity index (χ4v) is 3.69. The molecule has 1 saturated heterocycles. The van der Waals surface area contributed by atoms with Crippen LogP contribution in [0.3, 0.4) is 0 Å². The zero-order valence-corrected chi connectivity index (χ0v) is 17.4. The van der Waals surface area contributed by atoms with Crippen molar-refractivity contribution in [2.45, 2.75) is 70.4 Å². The Kier molecular flexibility index (Phi) is 11.2. The maximum absolute atomic E-state index is 12.5. The highest BCUT2D eigenvalue weighted by Crippen LogP contribution is 2.18. The Morgan fingerprint density at radius 2 is 1.71 bits per heavy atom. The predicted molar refractivity (Wildman–Crippen MR) is 113 cm³/mol. The first-order chi connectivity index (χ1) is 13.7. The number of rotatable bonds is 13. The largest absolute Gasteiger partial charge is 0.386 e. The third kappa shape index (κ3) is 8.72. The van der Waals surface area contributed by atoms with E-state index in [2.05, 4.69) is 17.1 Å². The fraction of sp³-hybridized carbons (Fsp3) is 0.696. The van der Waals surface area contributed by atoms with Crippen LogP contribution < -0.4 is 5.32 Å². The summed E-state index contributed by atoms with van der Waals surface area (Å²) in [6, 6.07) is 9.30. The zero-order chi connectivity index (χ0) is 20.0. The van der Waals surface area contributed by atoms with Gasteiger partial charge in [-0.3, -0.25) is 9.69 Å². The van der Waals surface area contributed by atoms with Gasteiger partial charge < -0.3 is 15.2 Å². The minimum absolute atomic E-state index is 0.0433. The van der Waals surface area contributed by atoms with Crippen molar-refractivity contribution >= 4 is 5.91 Å². The fourth-order valence-electron chi connectivity index (χ4n) is 3.69. The van der Waals surface area contributed by atoms with Gasteiger partial charge in [-0.25, -0.2) is 0 Å². The summed E-state index contributed by atoms with van der Waals surface area (Å²) in [6.45, 7) is 5.96. The van der Waals surface area contributed by atoms with Crippen LogP contribution in [-0.2, 0) is 9.53 Å². The van der Waals surface area contributed by atoms with E-state index in [0.717, 1.165) is 31.5 Å². The number of nitrogens with zero attached hydrogens (tertiary/aromatic N) is 1. The molecule has 2 rings (SSSR count). The van der Waals surface area contributed by atoms with E-state index in [1.807, 2.05) is 30.3 Å². The SMILES string of the molecule is CCCCCCCCCC(=O)N[C@@H](CN1CCOCC1)C(O)c1ccccc1. The molecule has 1 heterocycles. The smallest absolute Gasteiger partial charge is 0.220 e. The number of hydrogen-bond donors (Lipinski definition) is 2. The molecule has 1 aliphatic rings.